The van der Waals surface area contributed by atoms with Crippen LogP contribution in [0.5, 0.6) is 0 Å². The third-order valence-electron chi connectivity index (χ3n) is 6.24. The number of aromatic nitrogens is 1. The Hall–Kier alpha value is -3.02. The largest absolute Gasteiger partial charge is 0.343 e. The van der Waals surface area contributed by atoms with E-state index in [1.54, 1.807) is 24.5 Å². The molecule has 0 radical (unpaired) electrons. The summed E-state index contributed by atoms with van der Waals surface area (Å²) in [5.41, 5.74) is 0.451. The van der Waals surface area contributed by atoms with Crippen molar-refractivity contribution in [3.63, 3.8) is 0 Å². The lowest BCUT2D eigenvalue weighted by Gasteiger charge is -2.30. The molecule has 6 nitrogen and oxygen atoms in total. The number of pyridine rings is 1. The molecule has 1 atom stereocenters. The maximum Gasteiger partial charge on any atom is 0.241 e. The Bertz CT molecular complexity index is 908. The highest BCUT2D eigenvalue weighted by Crippen LogP contribution is 2.41. The zero-order valence-electron chi connectivity index (χ0n) is 17.1. The van der Waals surface area contributed by atoms with Gasteiger partial charge in [0.25, 0.3) is 0 Å². The summed E-state index contributed by atoms with van der Waals surface area (Å²) in [4.78, 5) is 47.0. The third kappa shape index (κ3) is 3.99. The summed E-state index contributed by atoms with van der Waals surface area (Å²) in [6, 6.07) is 12.9. The standard InChI is InChI=1S/C24H27N3O3/c28-21(26-14-6-1-2-7-15-26)16-24(20-8-4-3-5-9-20)17-22(29)27(23(24)30)18-19-10-12-25-13-11-19/h3-5,8-13H,1-2,6-7,14-18H2. The van der Waals surface area contributed by atoms with Crippen molar-refractivity contribution in [1.82, 2.24) is 14.8 Å². The van der Waals surface area contributed by atoms with Crippen LogP contribution in [0.25, 0.3) is 0 Å². The Morgan fingerprint density at radius 3 is 2.27 bits per heavy atom. The van der Waals surface area contributed by atoms with E-state index in [-0.39, 0.29) is 37.1 Å². The van der Waals surface area contributed by atoms with Gasteiger partial charge in [0.1, 0.15) is 0 Å². The molecule has 2 fully saturated rings. The Kier molecular flexibility index (Phi) is 5.93. The van der Waals surface area contributed by atoms with E-state index in [0.717, 1.165) is 49.9 Å². The molecule has 0 spiro atoms. The first-order valence-corrected chi connectivity index (χ1v) is 10.7. The van der Waals surface area contributed by atoms with Crippen molar-refractivity contribution in [1.29, 1.82) is 0 Å². The highest BCUT2D eigenvalue weighted by atomic mass is 16.2. The first kappa shape index (κ1) is 20.3. The summed E-state index contributed by atoms with van der Waals surface area (Å²) in [6.45, 7) is 1.66. The van der Waals surface area contributed by atoms with Crippen molar-refractivity contribution in [2.45, 2.75) is 50.5 Å². The minimum Gasteiger partial charge on any atom is -0.343 e. The zero-order chi connectivity index (χ0) is 21.0. The van der Waals surface area contributed by atoms with Crippen LogP contribution in [0.4, 0.5) is 0 Å². The fourth-order valence-electron chi connectivity index (χ4n) is 4.54. The molecule has 1 aromatic heterocycles. The van der Waals surface area contributed by atoms with Crippen LogP contribution in [0.3, 0.4) is 0 Å². The van der Waals surface area contributed by atoms with Crippen molar-refractivity contribution < 1.29 is 14.4 Å². The summed E-state index contributed by atoms with van der Waals surface area (Å²) >= 11 is 0. The predicted octanol–water partition coefficient (Wildman–Crippen LogP) is 3.07. The SMILES string of the molecule is O=C(CC1(c2ccccc2)CC(=O)N(Cc2ccncc2)C1=O)N1CCCCCC1. The molecule has 0 aliphatic carbocycles. The molecule has 3 amide bonds. The Labute approximate surface area is 176 Å². The monoisotopic (exact) mass is 405 g/mol. The first-order chi connectivity index (χ1) is 14.6. The Morgan fingerprint density at radius 1 is 0.933 bits per heavy atom. The van der Waals surface area contributed by atoms with E-state index in [4.69, 9.17) is 0 Å². The molecule has 156 valence electrons. The van der Waals surface area contributed by atoms with Gasteiger partial charge in [-0.25, -0.2) is 0 Å². The van der Waals surface area contributed by atoms with Crippen LogP contribution < -0.4 is 0 Å². The number of likely N-dealkylation sites (tertiary alicyclic amines) is 2. The van der Waals surface area contributed by atoms with Gasteiger partial charge in [-0.3, -0.25) is 24.3 Å². The van der Waals surface area contributed by atoms with Gasteiger partial charge < -0.3 is 4.90 Å². The highest BCUT2D eigenvalue weighted by Gasteiger charge is 2.54. The van der Waals surface area contributed by atoms with Gasteiger partial charge in [-0.2, -0.15) is 0 Å². The molecule has 2 aromatic rings. The van der Waals surface area contributed by atoms with Gasteiger partial charge in [-0.1, -0.05) is 43.2 Å². The van der Waals surface area contributed by atoms with Crippen molar-refractivity contribution in [3.05, 3.63) is 66.0 Å². The number of amides is 3. The second-order valence-electron chi connectivity index (χ2n) is 8.24. The third-order valence-corrected chi connectivity index (χ3v) is 6.24. The van der Waals surface area contributed by atoms with Crippen LogP contribution in [0.2, 0.25) is 0 Å². The summed E-state index contributed by atoms with van der Waals surface area (Å²) in [5, 5.41) is 0. The minimum absolute atomic E-state index is 0.0283. The van der Waals surface area contributed by atoms with Crippen molar-refractivity contribution in [3.8, 4) is 0 Å². The highest BCUT2D eigenvalue weighted by molar-refractivity contribution is 6.10. The summed E-state index contributed by atoms with van der Waals surface area (Å²) in [5.74, 6) is -0.546. The van der Waals surface area contributed by atoms with E-state index in [0.29, 0.717) is 0 Å². The maximum absolute atomic E-state index is 13.6. The smallest absolute Gasteiger partial charge is 0.241 e. The second kappa shape index (κ2) is 8.78. The number of rotatable bonds is 5. The molecule has 2 aliphatic heterocycles. The molecule has 0 bridgehead atoms. The van der Waals surface area contributed by atoms with Crippen molar-refractivity contribution >= 4 is 17.7 Å². The molecule has 0 saturated carbocycles. The second-order valence-corrected chi connectivity index (χ2v) is 8.24. The van der Waals surface area contributed by atoms with Gasteiger partial charge in [0.2, 0.25) is 17.7 Å². The lowest BCUT2D eigenvalue weighted by molar-refractivity contribution is -0.143. The number of imide groups is 1. The maximum atomic E-state index is 13.6. The average molecular weight is 405 g/mol. The number of carbonyl (C=O) groups excluding carboxylic acids is 3. The van der Waals surface area contributed by atoms with Crippen LogP contribution in [0.1, 0.15) is 49.7 Å². The molecule has 1 unspecified atom stereocenters. The first-order valence-electron chi connectivity index (χ1n) is 10.7. The Morgan fingerprint density at radius 2 is 1.60 bits per heavy atom. The van der Waals surface area contributed by atoms with Gasteiger partial charge in [0, 0.05) is 38.3 Å². The molecule has 1 aromatic carbocycles. The fourth-order valence-corrected chi connectivity index (χ4v) is 4.54. The lowest BCUT2D eigenvalue weighted by Crippen LogP contribution is -2.43. The molecule has 2 saturated heterocycles. The van der Waals surface area contributed by atoms with Crippen LogP contribution in [0.15, 0.2) is 54.9 Å². The zero-order valence-corrected chi connectivity index (χ0v) is 17.1. The average Bonchev–Trinajstić information content (AvgIpc) is 2.97. The van der Waals surface area contributed by atoms with Gasteiger partial charge in [-0.05, 0) is 36.1 Å². The molecule has 3 heterocycles. The normalized spacial score (nSPS) is 22.3. The molecule has 4 rings (SSSR count). The Balaban J connectivity index is 1.64. The van der Waals surface area contributed by atoms with E-state index in [1.165, 1.54) is 4.90 Å². The van der Waals surface area contributed by atoms with Crippen LogP contribution in [-0.2, 0) is 26.3 Å². The molecule has 30 heavy (non-hydrogen) atoms. The molecular weight excluding hydrogens is 378 g/mol. The minimum atomic E-state index is -1.13. The van der Waals surface area contributed by atoms with Gasteiger partial charge in [0.15, 0.2) is 0 Å². The van der Waals surface area contributed by atoms with Crippen LogP contribution >= 0.6 is 0 Å². The van der Waals surface area contributed by atoms with Gasteiger partial charge in [-0.15, -0.1) is 0 Å². The predicted molar refractivity (Wildman–Crippen MR) is 112 cm³/mol. The molecular formula is C24H27N3O3. The summed E-state index contributed by atoms with van der Waals surface area (Å²) < 4.78 is 0. The molecule has 6 heteroatoms. The number of nitrogens with zero attached hydrogens (tertiary/aromatic N) is 3. The quantitative estimate of drug-likeness (QED) is 0.717. The van der Waals surface area contributed by atoms with E-state index < -0.39 is 5.41 Å². The van der Waals surface area contributed by atoms with E-state index >= 15 is 0 Å². The van der Waals surface area contributed by atoms with Gasteiger partial charge in [0.05, 0.1) is 12.0 Å². The van der Waals surface area contributed by atoms with Crippen molar-refractivity contribution in [2.75, 3.05) is 13.1 Å². The van der Waals surface area contributed by atoms with Gasteiger partial charge >= 0.3 is 0 Å². The molecule has 2 aliphatic rings. The van der Waals surface area contributed by atoms with Crippen LogP contribution in [0, 0.1) is 0 Å². The fraction of sp³-hybridized carbons (Fsp3) is 0.417. The van der Waals surface area contributed by atoms with E-state index in [9.17, 15) is 14.4 Å². The number of carbonyl (C=O) groups is 3. The topological polar surface area (TPSA) is 70.6 Å². The van der Waals surface area contributed by atoms with E-state index in [2.05, 4.69) is 4.98 Å². The summed E-state index contributed by atoms with van der Waals surface area (Å²) in [7, 11) is 0. The van der Waals surface area contributed by atoms with E-state index in [1.807, 2.05) is 35.2 Å². The van der Waals surface area contributed by atoms with Crippen molar-refractivity contribution in [2.24, 2.45) is 0 Å². The summed E-state index contributed by atoms with van der Waals surface area (Å²) in [6.07, 6.45) is 7.60. The van der Waals surface area contributed by atoms with Crippen LogP contribution in [-0.4, -0.2) is 45.6 Å². The number of benzene rings is 1. The lowest BCUT2D eigenvalue weighted by atomic mass is 9.75. The molecule has 0 N–H and O–H groups in total. The number of hydrogen-bond acceptors (Lipinski definition) is 4. The number of hydrogen-bond donors (Lipinski definition) is 0.